The Labute approximate surface area is 151 Å². The van der Waals surface area contributed by atoms with Crippen molar-refractivity contribution in [2.24, 2.45) is 4.99 Å². The second-order valence-corrected chi connectivity index (χ2v) is 5.40. The minimum absolute atomic E-state index is 0.195. The Hall–Kier alpha value is -3.28. The summed E-state index contributed by atoms with van der Waals surface area (Å²) in [4.78, 5) is 16.5. The quantitative estimate of drug-likeness (QED) is 0.588. The predicted octanol–water partition coefficient (Wildman–Crippen LogP) is 3.45. The molecule has 1 heterocycles. The molecule has 0 radical (unpaired) electrons. The highest BCUT2D eigenvalue weighted by Crippen LogP contribution is 2.28. The van der Waals surface area contributed by atoms with Crippen LogP contribution in [-0.2, 0) is 9.53 Å². The van der Waals surface area contributed by atoms with Crippen LogP contribution in [0.5, 0.6) is 17.2 Å². The maximum absolute atomic E-state index is 12.2. The molecule has 0 bridgehead atoms. The third-order valence-electron chi connectivity index (χ3n) is 3.76. The molecule has 2 aromatic rings. The van der Waals surface area contributed by atoms with Crippen molar-refractivity contribution in [3.05, 3.63) is 59.3 Å². The summed E-state index contributed by atoms with van der Waals surface area (Å²) >= 11 is 0. The normalized spacial score (nSPS) is 14.8. The number of hydrogen-bond acceptors (Lipinski definition) is 6. The molecule has 1 aliphatic heterocycles. The van der Waals surface area contributed by atoms with Gasteiger partial charge in [-0.15, -0.1) is 0 Å². The second kappa shape index (κ2) is 7.74. The summed E-state index contributed by atoms with van der Waals surface area (Å²) in [5, 5.41) is 0. The summed E-state index contributed by atoms with van der Waals surface area (Å²) in [5.41, 5.74) is 1.57. The smallest absolute Gasteiger partial charge is 0.363 e. The maximum Gasteiger partial charge on any atom is 0.363 e. The van der Waals surface area contributed by atoms with Gasteiger partial charge in [-0.2, -0.15) is 0 Å². The lowest BCUT2D eigenvalue weighted by Crippen LogP contribution is -2.05. The van der Waals surface area contributed by atoms with Crippen LogP contribution in [0.3, 0.4) is 0 Å². The largest absolute Gasteiger partial charge is 0.497 e. The van der Waals surface area contributed by atoms with Crippen LogP contribution in [0.1, 0.15) is 18.1 Å². The van der Waals surface area contributed by atoms with Gasteiger partial charge in [0.25, 0.3) is 0 Å². The molecule has 0 saturated heterocycles. The molecule has 0 fully saturated rings. The Balaban J connectivity index is 1.91. The van der Waals surface area contributed by atoms with Gasteiger partial charge in [0.15, 0.2) is 5.70 Å². The number of methoxy groups -OCH3 is 2. The van der Waals surface area contributed by atoms with Gasteiger partial charge in [-0.25, -0.2) is 9.79 Å². The van der Waals surface area contributed by atoms with Gasteiger partial charge in [0.1, 0.15) is 17.2 Å². The number of hydrogen-bond donors (Lipinski definition) is 0. The van der Waals surface area contributed by atoms with Gasteiger partial charge in [0.05, 0.1) is 20.8 Å². The van der Waals surface area contributed by atoms with Crippen molar-refractivity contribution >= 4 is 17.9 Å². The average Bonchev–Trinajstić information content (AvgIpc) is 3.03. The third-order valence-corrected chi connectivity index (χ3v) is 3.76. The first kappa shape index (κ1) is 17.5. The minimum atomic E-state index is -0.515. The van der Waals surface area contributed by atoms with Gasteiger partial charge >= 0.3 is 5.97 Å². The van der Waals surface area contributed by atoms with Crippen LogP contribution in [0.15, 0.2) is 53.2 Å². The van der Waals surface area contributed by atoms with Crippen molar-refractivity contribution in [1.82, 2.24) is 0 Å². The number of esters is 1. The van der Waals surface area contributed by atoms with Gasteiger partial charge in [-0.1, -0.05) is 0 Å². The number of carbonyl (C=O) groups excluding carboxylic acids is 1. The molecule has 0 saturated carbocycles. The SMILES string of the molecule is CCOc1ccc(C2=N/C(=C\c3cc(OC)ccc3OC)C(=O)O2)cc1. The van der Waals surface area contributed by atoms with E-state index < -0.39 is 5.97 Å². The Bertz CT molecular complexity index is 868. The van der Waals surface area contributed by atoms with E-state index in [0.717, 1.165) is 5.75 Å². The van der Waals surface area contributed by atoms with Crippen molar-refractivity contribution in [3.8, 4) is 17.2 Å². The number of cyclic esters (lactones) is 1. The summed E-state index contributed by atoms with van der Waals surface area (Å²) in [5.74, 6) is 1.75. The predicted molar refractivity (Wildman–Crippen MR) is 97.8 cm³/mol. The van der Waals surface area contributed by atoms with E-state index in [4.69, 9.17) is 18.9 Å². The Kier molecular flexibility index (Phi) is 5.22. The van der Waals surface area contributed by atoms with Crippen LogP contribution in [0, 0.1) is 0 Å². The van der Waals surface area contributed by atoms with Gasteiger partial charge in [-0.05, 0) is 55.5 Å². The Morgan fingerprint density at radius 1 is 1.04 bits per heavy atom. The zero-order valence-electron chi connectivity index (χ0n) is 14.8. The number of ether oxygens (including phenoxy) is 4. The lowest BCUT2D eigenvalue weighted by Gasteiger charge is -2.07. The average molecular weight is 353 g/mol. The molecule has 0 aromatic heterocycles. The number of nitrogens with zero attached hydrogens (tertiary/aromatic N) is 1. The standard InChI is InChI=1S/C20H19NO5/c1-4-25-15-7-5-13(6-8-15)19-21-17(20(22)26-19)12-14-11-16(23-2)9-10-18(14)24-3/h5-12H,4H2,1-3H3/b17-12-. The van der Waals surface area contributed by atoms with Crippen LogP contribution in [0.25, 0.3) is 6.08 Å². The second-order valence-electron chi connectivity index (χ2n) is 5.40. The molecule has 1 aliphatic rings. The number of carbonyl (C=O) groups is 1. The van der Waals surface area contributed by atoms with E-state index in [1.54, 1.807) is 50.6 Å². The molecule has 0 spiro atoms. The highest BCUT2D eigenvalue weighted by atomic mass is 16.6. The fourth-order valence-electron chi connectivity index (χ4n) is 2.49. The van der Waals surface area contributed by atoms with Gasteiger partial charge in [-0.3, -0.25) is 0 Å². The molecule has 0 aliphatic carbocycles. The van der Waals surface area contributed by atoms with Crippen molar-refractivity contribution in [2.75, 3.05) is 20.8 Å². The van der Waals surface area contributed by atoms with Crippen LogP contribution < -0.4 is 14.2 Å². The molecule has 26 heavy (non-hydrogen) atoms. The summed E-state index contributed by atoms with van der Waals surface area (Å²) in [6, 6.07) is 12.5. The first-order chi connectivity index (χ1) is 12.6. The van der Waals surface area contributed by atoms with Crippen LogP contribution in [0.4, 0.5) is 0 Å². The maximum atomic E-state index is 12.2. The summed E-state index contributed by atoms with van der Waals surface area (Å²) in [6.07, 6.45) is 1.62. The van der Waals surface area contributed by atoms with E-state index in [1.807, 2.05) is 19.1 Å². The van der Waals surface area contributed by atoms with E-state index in [2.05, 4.69) is 4.99 Å². The number of benzene rings is 2. The van der Waals surface area contributed by atoms with Crippen molar-refractivity contribution in [2.45, 2.75) is 6.92 Å². The highest BCUT2D eigenvalue weighted by molar-refractivity contribution is 6.13. The van der Waals surface area contributed by atoms with Crippen molar-refractivity contribution in [3.63, 3.8) is 0 Å². The first-order valence-corrected chi connectivity index (χ1v) is 8.12. The van der Waals surface area contributed by atoms with Gasteiger partial charge < -0.3 is 18.9 Å². The van der Waals surface area contributed by atoms with Crippen LogP contribution >= 0.6 is 0 Å². The lowest BCUT2D eigenvalue weighted by atomic mass is 10.1. The summed E-state index contributed by atoms with van der Waals surface area (Å²) in [7, 11) is 3.14. The fraction of sp³-hybridized carbons (Fsp3) is 0.200. The zero-order valence-corrected chi connectivity index (χ0v) is 14.8. The molecule has 6 nitrogen and oxygen atoms in total. The fourth-order valence-corrected chi connectivity index (χ4v) is 2.49. The topological polar surface area (TPSA) is 66.3 Å². The van der Waals surface area contributed by atoms with Crippen molar-refractivity contribution in [1.29, 1.82) is 0 Å². The molecule has 6 heteroatoms. The Morgan fingerprint density at radius 2 is 1.77 bits per heavy atom. The lowest BCUT2D eigenvalue weighted by molar-refractivity contribution is -0.129. The van der Waals surface area contributed by atoms with Gasteiger partial charge in [0.2, 0.25) is 5.90 Å². The van der Waals surface area contributed by atoms with E-state index in [-0.39, 0.29) is 11.6 Å². The highest BCUT2D eigenvalue weighted by Gasteiger charge is 2.24. The molecule has 0 unspecified atom stereocenters. The van der Waals surface area contributed by atoms with E-state index >= 15 is 0 Å². The summed E-state index contributed by atoms with van der Waals surface area (Å²) < 4.78 is 21.2. The summed E-state index contributed by atoms with van der Waals surface area (Å²) in [6.45, 7) is 2.51. The number of aliphatic imine (C=N–C) groups is 1. The van der Waals surface area contributed by atoms with E-state index in [1.165, 1.54) is 0 Å². The number of rotatable bonds is 6. The monoisotopic (exact) mass is 353 g/mol. The molecule has 2 aromatic carbocycles. The van der Waals surface area contributed by atoms with Crippen LogP contribution in [0.2, 0.25) is 0 Å². The molecule has 0 N–H and O–H groups in total. The zero-order chi connectivity index (χ0) is 18.5. The third kappa shape index (κ3) is 3.69. The first-order valence-electron chi connectivity index (χ1n) is 8.12. The van der Waals surface area contributed by atoms with E-state index in [0.29, 0.717) is 29.2 Å². The molecule has 0 atom stereocenters. The molecular formula is C20H19NO5. The van der Waals surface area contributed by atoms with Gasteiger partial charge in [0, 0.05) is 11.1 Å². The molecule has 0 amide bonds. The molecule has 3 rings (SSSR count). The van der Waals surface area contributed by atoms with E-state index in [9.17, 15) is 4.79 Å². The minimum Gasteiger partial charge on any atom is -0.497 e. The molecular weight excluding hydrogens is 334 g/mol. The van der Waals surface area contributed by atoms with Crippen molar-refractivity contribution < 1.29 is 23.7 Å². The molecule has 134 valence electrons. The Morgan fingerprint density at radius 3 is 2.42 bits per heavy atom. The van der Waals surface area contributed by atoms with Crippen LogP contribution in [-0.4, -0.2) is 32.7 Å².